The van der Waals surface area contributed by atoms with Crippen LogP contribution >= 0.6 is 0 Å². The van der Waals surface area contributed by atoms with E-state index >= 15 is 0 Å². The lowest BCUT2D eigenvalue weighted by Gasteiger charge is -2.30. The summed E-state index contributed by atoms with van der Waals surface area (Å²) in [6.45, 7) is 4.94. The van der Waals surface area contributed by atoms with Gasteiger partial charge in [0.15, 0.2) is 5.82 Å². The molecule has 1 aliphatic heterocycles. The topological polar surface area (TPSA) is 70.8 Å². The first kappa shape index (κ1) is 13.0. The minimum Gasteiger partial charge on any atom is -0.361 e. The summed E-state index contributed by atoms with van der Waals surface area (Å²) in [5.41, 5.74) is 1.06. The zero-order chi connectivity index (χ0) is 14.2. The van der Waals surface area contributed by atoms with Gasteiger partial charge in [0.1, 0.15) is 11.6 Å². The second kappa shape index (κ2) is 5.26. The summed E-state index contributed by atoms with van der Waals surface area (Å²) in [6, 6.07) is 2.14. The van der Waals surface area contributed by atoms with Crippen molar-refractivity contribution in [3.05, 3.63) is 29.2 Å². The third kappa shape index (κ3) is 2.85. The molecule has 0 bridgehead atoms. The summed E-state index contributed by atoms with van der Waals surface area (Å²) in [5.74, 6) is 3.99. The van der Waals surface area contributed by atoms with Crippen molar-refractivity contribution in [1.82, 2.24) is 25.2 Å². The average Bonchev–Trinajstić information content (AvgIpc) is 3.09. The summed E-state index contributed by atoms with van der Waals surface area (Å²) in [6.07, 6.45) is 4.86. The van der Waals surface area contributed by atoms with Gasteiger partial charge in [0.05, 0.1) is 5.69 Å². The Labute approximate surface area is 123 Å². The quantitative estimate of drug-likeness (QED) is 0.934. The second-order valence-corrected chi connectivity index (χ2v) is 6.35. The van der Waals surface area contributed by atoms with Crippen LogP contribution in [0, 0.1) is 6.92 Å². The van der Waals surface area contributed by atoms with Crippen molar-refractivity contribution in [2.24, 2.45) is 0 Å². The van der Waals surface area contributed by atoms with Crippen LogP contribution in [0.2, 0.25) is 0 Å². The van der Waals surface area contributed by atoms with E-state index in [2.05, 4.69) is 31.3 Å². The van der Waals surface area contributed by atoms with Crippen LogP contribution in [-0.4, -0.2) is 38.3 Å². The van der Waals surface area contributed by atoms with Gasteiger partial charge >= 0.3 is 0 Å². The van der Waals surface area contributed by atoms with Crippen molar-refractivity contribution in [3.63, 3.8) is 0 Å². The minimum absolute atomic E-state index is 0.429. The van der Waals surface area contributed by atoms with Crippen LogP contribution in [0.5, 0.6) is 0 Å². The molecule has 6 nitrogen and oxygen atoms in total. The monoisotopic (exact) mass is 287 g/mol. The van der Waals surface area contributed by atoms with E-state index in [1.807, 2.05) is 6.92 Å². The van der Waals surface area contributed by atoms with Crippen LogP contribution < -0.4 is 0 Å². The number of aromatic nitrogens is 4. The van der Waals surface area contributed by atoms with Crippen LogP contribution in [0.25, 0.3) is 0 Å². The van der Waals surface area contributed by atoms with Crippen molar-refractivity contribution >= 4 is 0 Å². The van der Waals surface area contributed by atoms with Crippen LogP contribution in [0.4, 0.5) is 0 Å². The highest BCUT2D eigenvalue weighted by Crippen LogP contribution is 2.40. The fourth-order valence-electron chi connectivity index (χ4n) is 3.14. The Morgan fingerprint density at radius 2 is 2.24 bits per heavy atom. The number of aromatic amines is 1. The summed E-state index contributed by atoms with van der Waals surface area (Å²) in [7, 11) is 0. The normalized spacial score (nSPS) is 23.6. The van der Waals surface area contributed by atoms with Gasteiger partial charge in [0.2, 0.25) is 0 Å². The summed E-state index contributed by atoms with van der Waals surface area (Å²) >= 11 is 0. The molecule has 1 saturated carbocycles. The number of nitrogens with one attached hydrogen (secondary N) is 1. The van der Waals surface area contributed by atoms with E-state index in [4.69, 9.17) is 4.52 Å². The third-order valence-electron chi connectivity index (χ3n) is 4.43. The van der Waals surface area contributed by atoms with Gasteiger partial charge in [0, 0.05) is 31.0 Å². The van der Waals surface area contributed by atoms with Gasteiger partial charge in [-0.05, 0) is 39.2 Å². The standard InChI is InChI=1S/C15H21N5O/c1-10-16-15(18-17-10)12-3-2-6-20(8-12)9-13-7-14(21-19-13)11-4-5-11/h7,11-12H,2-6,8-9H2,1H3,(H,16,17,18)/t12-/m1/s1. The first-order valence-electron chi connectivity index (χ1n) is 7.84. The smallest absolute Gasteiger partial charge is 0.155 e. The number of hydrogen-bond donors (Lipinski definition) is 1. The molecule has 1 atom stereocenters. The third-order valence-corrected chi connectivity index (χ3v) is 4.43. The lowest BCUT2D eigenvalue weighted by molar-refractivity contribution is 0.191. The summed E-state index contributed by atoms with van der Waals surface area (Å²) < 4.78 is 5.44. The van der Waals surface area contributed by atoms with E-state index in [1.165, 1.54) is 25.7 Å². The fraction of sp³-hybridized carbons (Fsp3) is 0.667. The van der Waals surface area contributed by atoms with Gasteiger partial charge in [0.25, 0.3) is 0 Å². The molecule has 2 aliphatic rings. The van der Waals surface area contributed by atoms with E-state index in [-0.39, 0.29) is 0 Å². The highest BCUT2D eigenvalue weighted by atomic mass is 16.5. The van der Waals surface area contributed by atoms with E-state index < -0.39 is 0 Å². The number of H-pyrrole nitrogens is 1. The molecule has 1 aliphatic carbocycles. The number of nitrogens with zero attached hydrogens (tertiary/aromatic N) is 4. The van der Waals surface area contributed by atoms with Gasteiger partial charge in [-0.2, -0.15) is 5.10 Å². The zero-order valence-electron chi connectivity index (χ0n) is 12.4. The Kier molecular flexibility index (Phi) is 3.25. The van der Waals surface area contributed by atoms with E-state index in [0.717, 1.165) is 42.7 Å². The maximum atomic E-state index is 5.44. The molecule has 1 N–H and O–H groups in total. The zero-order valence-corrected chi connectivity index (χ0v) is 12.4. The van der Waals surface area contributed by atoms with Gasteiger partial charge in [-0.3, -0.25) is 10.00 Å². The molecule has 0 spiro atoms. The maximum Gasteiger partial charge on any atom is 0.155 e. The van der Waals surface area contributed by atoms with Crippen molar-refractivity contribution < 1.29 is 4.52 Å². The summed E-state index contributed by atoms with van der Waals surface area (Å²) in [4.78, 5) is 6.92. The Bertz CT molecular complexity index is 615. The molecule has 112 valence electrons. The second-order valence-electron chi connectivity index (χ2n) is 6.35. The molecule has 2 fully saturated rings. The Balaban J connectivity index is 1.40. The predicted molar refractivity (Wildman–Crippen MR) is 76.8 cm³/mol. The highest BCUT2D eigenvalue weighted by molar-refractivity contribution is 5.14. The van der Waals surface area contributed by atoms with Gasteiger partial charge in [-0.1, -0.05) is 5.16 Å². The number of piperidine rings is 1. The molecule has 3 heterocycles. The molecule has 2 aromatic heterocycles. The molecule has 4 rings (SSSR count). The van der Waals surface area contributed by atoms with Crippen LogP contribution in [0.15, 0.2) is 10.6 Å². The summed E-state index contributed by atoms with van der Waals surface area (Å²) in [5, 5.41) is 11.5. The number of aryl methyl sites for hydroxylation is 1. The molecule has 6 heteroatoms. The predicted octanol–water partition coefficient (Wildman–Crippen LogP) is 2.36. The lowest BCUT2D eigenvalue weighted by Crippen LogP contribution is -2.34. The van der Waals surface area contributed by atoms with Crippen molar-refractivity contribution in [2.45, 2.75) is 51.0 Å². The number of likely N-dealkylation sites (tertiary alicyclic amines) is 1. The molecule has 0 radical (unpaired) electrons. The molecule has 1 saturated heterocycles. The van der Waals surface area contributed by atoms with Crippen LogP contribution in [-0.2, 0) is 6.54 Å². The highest BCUT2D eigenvalue weighted by Gasteiger charge is 2.29. The molecular formula is C15H21N5O. The van der Waals surface area contributed by atoms with Crippen molar-refractivity contribution in [2.75, 3.05) is 13.1 Å². The fourth-order valence-corrected chi connectivity index (χ4v) is 3.14. The first-order chi connectivity index (χ1) is 10.3. The van der Waals surface area contributed by atoms with E-state index in [1.54, 1.807) is 0 Å². The lowest BCUT2D eigenvalue weighted by atomic mass is 9.97. The van der Waals surface area contributed by atoms with Crippen LogP contribution in [0.1, 0.15) is 60.6 Å². The molecule has 0 aromatic carbocycles. The largest absolute Gasteiger partial charge is 0.361 e. The number of hydrogen-bond acceptors (Lipinski definition) is 5. The SMILES string of the molecule is Cc1nc([C@@H]2CCCN(Cc3cc(C4CC4)on3)C2)n[nH]1. The Morgan fingerprint density at radius 3 is 3.00 bits per heavy atom. The Hall–Kier alpha value is -1.69. The van der Waals surface area contributed by atoms with E-state index in [9.17, 15) is 0 Å². The molecular weight excluding hydrogens is 266 g/mol. The van der Waals surface area contributed by atoms with Crippen molar-refractivity contribution in [3.8, 4) is 0 Å². The van der Waals surface area contributed by atoms with Crippen LogP contribution in [0.3, 0.4) is 0 Å². The molecule has 0 amide bonds. The Morgan fingerprint density at radius 1 is 1.33 bits per heavy atom. The average molecular weight is 287 g/mol. The van der Waals surface area contributed by atoms with Gasteiger partial charge in [-0.25, -0.2) is 4.98 Å². The molecule has 0 unspecified atom stereocenters. The van der Waals surface area contributed by atoms with Crippen molar-refractivity contribution in [1.29, 1.82) is 0 Å². The minimum atomic E-state index is 0.429. The molecule has 21 heavy (non-hydrogen) atoms. The molecule has 2 aromatic rings. The van der Waals surface area contributed by atoms with E-state index in [0.29, 0.717) is 11.8 Å². The van der Waals surface area contributed by atoms with Gasteiger partial charge < -0.3 is 4.52 Å². The first-order valence-corrected chi connectivity index (χ1v) is 7.84. The maximum absolute atomic E-state index is 5.44. The number of rotatable bonds is 4. The van der Waals surface area contributed by atoms with Gasteiger partial charge in [-0.15, -0.1) is 0 Å².